The molecule has 14 atom stereocenters. The van der Waals surface area contributed by atoms with Crippen LogP contribution in [0.1, 0.15) is 51.1 Å². The maximum Gasteiger partial charge on any atom is 0.305 e. The van der Waals surface area contributed by atoms with Gasteiger partial charge in [0.2, 0.25) is 23.6 Å². The largest absolute Gasteiger partial charge is 0.489 e. The zero-order chi connectivity index (χ0) is 48.3. The second-order valence-electron chi connectivity index (χ2n) is 20.8. The number of hydrogen-bond donors (Lipinski definition) is 2. The Morgan fingerprint density at radius 3 is 1.40 bits per heavy atom. The molecule has 2 N–H and O–H groups in total. The van der Waals surface area contributed by atoms with Gasteiger partial charge < -0.3 is 14.7 Å². The maximum absolute atomic E-state index is 14.5. The summed E-state index contributed by atoms with van der Waals surface area (Å²) in [6, 6.07) is 43.7. The zero-order valence-electron chi connectivity index (χ0n) is 38.3. The molecule has 5 aromatic carbocycles. The molecule has 2 saturated heterocycles. The summed E-state index contributed by atoms with van der Waals surface area (Å²) in [4.78, 5) is 93.7. The van der Waals surface area contributed by atoms with E-state index in [4.69, 9.17) is 4.74 Å². The van der Waals surface area contributed by atoms with Crippen molar-refractivity contribution in [2.24, 2.45) is 59.2 Å². The highest BCUT2D eigenvalue weighted by molar-refractivity contribution is 8.00. The summed E-state index contributed by atoms with van der Waals surface area (Å²) in [6.45, 7) is 0.331. The average Bonchev–Trinajstić information content (AvgIpc) is 4.30. The van der Waals surface area contributed by atoms with Crippen LogP contribution in [0.5, 0.6) is 5.75 Å². The number of aromatic nitrogens is 2. The van der Waals surface area contributed by atoms with Crippen LogP contribution in [0.4, 0.5) is 11.4 Å². The number of fused-ring (bicyclic) bond motifs is 18. The van der Waals surface area contributed by atoms with E-state index < -0.39 is 0 Å². The fourth-order valence-electron chi connectivity index (χ4n) is 15.1. The Bertz CT molecular complexity index is 3520. The van der Waals surface area contributed by atoms with Crippen molar-refractivity contribution < 1.29 is 23.9 Å². The first-order valence-electron chi connectivity index (χ1n) is 24.8. The molecule has 358 valence electrons. The summed E-state index contributed by atoms with van der Waals surface area (Å²) in [5.74, 6) is -1.06. The van der Waals surface area contributed by atoms with Gasteiger partial charge in [0.1, 0.15) is 12.4 Å². The summed E-state index contributed by atoms with van der Waals surface area (Å²) in [5.41, 5.74) is 6.48. The van der Waals surface area contributed by atoms with Gasteiger partial charge in [-0.2, -0.15) is 0 Å². The zero-order valence-corrected chi connectivity index (χ0v) is 41.6. The van der Waals surface area contributed by atoms with E-state index in [0.717, 1.165) is 60.5 Å². The van der Waals surface area contributed by atoms with Gasteiger partial charge in [0, 0.05) is 32.1 Å². The molecule has 4 bridgehead atoms. The summed E-state index contributed by atoms with van der Waals surface area (Å²) in [5, 5.41) is 1.95. The number of ether oxygens (including phenoxy) is 1. The van der Waals surface area contributed by atoms with Crippen LogP contribution in [0.3, 0.4) is 0 Å². The minimum absolute atomic E-state index is 0.00848. The fourth-order valence-corrected chi connectivity index (χ4v) is 20.8. The molecule has 0 unspecified atom stereocenters. The molecule has 4 aliphatic heterocycles. The normalized spacial score (nSPS) is 32.2. The van der Waals surface area contributed by atoms with Gasteiger partial charge in [-0.25, -0.2) is 0 Å². The first-order chi connectivity index (χ1) is 35.2. The number of thiazole rings is 2. The smallest absolute Gasteiger partial charge is 0.305 e. The number of carbonyl (C=O) groups excluding carboxylic acids is 4. The summed E-state index contributed by atoms with van der Waals surface area (Å²) in [6.07, 6.45) is 1.65. The van der Waals surface area contributed by atoms with Crippen LogP contribution in [0.2, 0.25) is 0 Å². The molecular weight excluding hydrogens is 981 g/mol. The van der Waals surface area contributed by atoms with Crippen molar-refractivity contribution in [3.63, 3.8) is 0 Å². The minimum Gasteiger partial charge on any atom is -0.489 e. The Labute approximate surface area is 429 Å². The highest BCUT2D eigenvalue weighted by atomic mass is 32.2. The second kappa shape index (κ2) is 16.1. The number of H-pyrrole nitrogens is 2. The SMILES string of the molecule is O=C1[C@@H]2[C@H]3C[C@H]([C@@H]4Sc5[nH]c(=O)sc5[C@@H](c5ccc(OCc6ccc([C@H]7c8sc(=O)[nH]c8S[C@@H]8[C@@H]9C[C@@H]([C@@H]%10C(=O)N(c%11ccc(-c%12ccccc%12)cc%11)C(=O)[C@H]9%10)[C@H]78)cc6)cc5)[C@H]34)[C@@H]2C(=O)N1c1ccccc1. The summed E-state index contributed by atoms with van der Waals surface area (Å²) in [7, 11) is 0. The third-order valence-electron chi connectivity index (χ3n) is 17.7. The van der Waals surface area contributed by atoms with Crippen LogP contribution >= 0.6 is 46.2 Å². The Morgan fingerprint density at radius 2 is 0.903 bits per heavy atom. The topological polar surface area (TPSA) is 150 Å². The van der Waals surface area contributed by atoms with E-state index in [0.29, 0.717) is 23.7 Å². The van der Waals surface area contributed by atoms with Gasteiger partial charge in [-0.05, 0) is 113 Å². The molecule has 2 aromatic heterocycles. The number of amides is 4. The molecular formula is C57H44N4O7S4. The van der Waals surface area contributed by atoms with Crippen molar-refractivity contribution in [2.45, 2.75) is 51.8 Å². The van der Waals surface area contributed by atoms with E-state index in [1.807, 2.05) is 97.1 Å². The molecule has 0 spiro atoms. The molecule has 8 aliphatic rings. The highest BCUT2D eigenvalue weighted by Crippen LogP contribution is 2.70. The molecule has 15 heteroatoms. The number of nitrogens with zero attached hydrogens (tertiary/aromatic N) is 2. The number of aromatic amines is 2. The van der Waals surface area contributed by atoms with Crippen molar-refractivity contribution in [3.05, 3.63) is 179 Å². The predicted octanol–water partition coefficient (Wildman–Crippen LogP) is 9.79. The van der Waals surface area contributed by atoms with Gasteiger partial charge in [-0.15, -0.1) is 23.5 Å². The lowest BCUT2D eigenvalue weighted by atomic mass is 9.68. The molecule has 72 heavy (non-hydrogen) atoms. The quantitative estimate of drug-likeness (QED) is 0.142. The van der Waals surface area contributed by atoms with Crippen molar-refractivity contribution in [3.8, 4) is 16.9 Å². The molecule has 11 nitrogen and oxygen atoms in total. The number of benzene rings is 5. The number of hydrogen-bond acceptors (Lipinski definition) is 11. The van der Waals surface area contributed by atoms with E-state index in [-0.39, 0.29) is 115 Å². The number of para-hydroxylation sites is 1. The van der Waals surface area contributed by atoms with Crippen LogP contribution in [-0.2, 0) is 25.8 Å². The van der Waals surface area contributed by atoms with Crippen LogP contribution in [-0.4, -0.2) is 44.1 Å². The van der Waals surface area contributed by atoms with Crippen LogP contribution < -0.4 is 24.3 Å². The van der Waals surface area contributed by atoms with Crippen molar-refractivity contribution >= 4 is 81.2 Å². The Hall–Kier alpha value is -6.26. The molecule has 6 heterocycles. The number of carbonyl (C=O) groups is 4. The third-order valence-corrected chi connectivity index (χ3v) is 22.9. The standard InChI is InChI=1S/C57H44N4O7S4/c62-52-42-35-24-36(44(42)54(64)60(52)31-9-5-2-6-10-31)47-41(35)39(49-51(70-47)59-57(67)72-49)30-17-21-33(22-18-30)68-25-26-11-13-29(14-12-26)38-40-34-23-37(46(40)69-50-48(38)71-56(66)58-50)45-43(34)53(63)61(55(45)65)32-19-15-28(16-20-32)27-7-3-1-4-8-27/h1-22,34-47H,23-25H2,(H,58,66)(H,59,67)/t34-,35+,36+,37-,38-,39+,40-,41+,42-,43+,44+,45-,46-,47+/m1/s1. The van der Waals surface area contributed by atoms with E-state index in [9.17, 15) is 28.8 Å². The lowest BCUT2D eigenvalue weighted by Crippen LogP contribution is -2.42. The van der Waals surface area contributed by atoms with E-state index in [1.54, 1.807) is 23.5 Å². The second-order valence-corrected chi connectivity index (χ2v) is 25.2. The number of nitrogens with one attached hydrogen (secondary N) is 2. The molecule has 15 rings (SSSR count). The van der Waals surface area contributed by atoms with Crippen molar-refractivity contribution in [1.29, 1.82) is 0 Å². The number of imide groups is 2. The molecule has 6 fully saturated rings. The lowest BCUT2D eigenvalue weighted by molar-refractivity contribution is -0.124. The lowest BCUT2D eigenvalue weighted by Gasteiger charge is -2.43. The van der Waals surface area contributed by atoms with Gasteiger partial charge in [0.25, 0.3) is 0 Å². The van der Waals surface area contributed by atoms with Gasteiger partial charge >= 0.3 is 9.75 Å². The monoisotopic (exact) mass is 1020 g/mol. The van der Waals surface area contributed by atoms with E-state index in [1.165, 1.54) is 32.5 Å². The van der Waals surface area contributed by atoms with Crippen LogP contribution in [0.25, 0.3) is 11.1 Å². The number of anilines is 2. The molecule has 4 amide bonds. The van der Waals surface area contributed by atoms with Crippen molar-refractivity contribution in [2.75, 3.05) is 9.80 Å². The highest BCUT2D eigenvalue weighted by Gasteiger charge is 2.71. The van der Waals surface area contributed by atoms with Gasteiger partial charge in [0.15, 0.2) is 0 Å². The summed E-state index contributed by atoms with van der Waals surface area (Å²) >= 11 is 5.90. The Balaban J connectivity index is 0.665. The van der Waals surface area contributed by atoms with Gasteiger partial charge in [-0.3, -0.25) is 38.6 Å². The Kier molecular flexibility index (Phi) is 9.70. The van der Waals surface area contributed by atoms with Crippen LogP contribution in [0, 0.1) is 59.2 Å². The van der Waals surface area contributed by atoms with Crippen LogP contribution in [0.15, 0.2) is 153 Å². The molecule has 4 saturated carbocycles. The van der Waals surface area contributed by atoms with Gasteiger partial charge in [0.05, 0.1) is 45.1 Å². The third kappa shape index (κ3) is 6.23. The van der Waals surface area contributed by atoms with E-state index >= 15 is 0 Å². The first kappa shape index (κ1) is 43.3. The maximum atomic E-state index is 14.5. The predicted molar refractivity (Wildman–Crippen MR) is 278 cm³/mol. The number of rotatable bonds is 8. The minimum atomic E-state index is -0.390. The fraction of sp³-hybridized carbons (Fsp3) is 0.298. The van der Waals surface area contributed by atoms with E-state index in [2.05, 4.69) is 46.4 Å². The number of thioether (sulfide) groups is 2. The molecule has 4 aliphatic carbocycles. The molecule has 7 aromatic rings. The Morgan fingerprint density at radius 1 is 0.472 bits per heavy atom. The van der Waals surface area contributed by atoms with Gasteiger partial charge in [-0.1, -0.05) is 120 Å². The van der Waals surface area contributed by atoms with Crippen molar-refractivity contribution in [1.82, 2.24) is 9.97 Å². The molecule has 0 radical (unpaired) electrons. The average molecular weight is 1030 g/mol. The first-order valence-corrected chi connectivity index (χ1v) is 28.1. The summed E-state index contributed by atoms with van der Waals surface area (Å²) < 4.78 is 6.41.